The van der Waals surface area contributed by atoms with Crippen molar-refractivity contribution in [1.29, 1.82) is 0 Å². The number of para-hydroxylation sites is 1. The van der Waals surface area contributed by atoms with Crippen molar-refractivity contribution in [2.45, 2.75) is 13.8 Å². The Balaban J connectivity index is 1.55. The largest absolute Gasteiger partial charge is 0.454 e. The molecule has 1 N–H and O–H groups in total. The number of nitrogens with one attached hydrogen (secondary N) is 1. The minimum atomic E-state index is -0.554. The molecule has 1 aromatic heterocycles. The smallest absolute Gasteiger partial charge is 0.270 e. The van der Waals surface area contributed by atoms with Crippen LogP contribution in [0.3, 0.4) is 0 Å². The quantitative estimate of drug-likeness (QED) is 0.344. The zero-order valence-electron chi connectivity index (χ0n) is 17.7. The average Bonchev–Trinajstić information content (AvgIpc) is 3.35. The van der Waals surface area contributed by atoms with Gasteiger partial charge < -0.3 is 14.0 Å². The van der Waals surface area contributed by atoms with Crippen molar-refractivity contribution in [3.05, 3.63) is 76.1 Å². The van der Waals surface area contributed by atoms with Crippen LogP contribution in [0, 0.1) is 13.8 Å². The fraction of sp³-hybridized carbons (Fsp3) is 0.125. The van der Waals surface area contributed by atoms with Crippen LogP contribution in [0.5, 0.6) is 11.5 Å². The summed E-state index contributed by atoms with van der Waals surface area (Å²) in [7, 11) is 0. The average molecular weight is 480 g/mol. The fourth-order valence-electron chi connectivity index (χ4n) is 4.02. The lowest BCUT2D eigenvalue weighted by Gasteiger charge is -2.29. The summed E-state index contributed by atoms with van der Waals surface area (Å²) < 4.78 is 12.9. The number of aryl methyl sites for hydroxylation is 1. The molecule has 0 unspecified atom stereocenters. The van der Waals surface area contributed by atoms with Crippen molar-refractivity contribution in [2.75, 3.05) is 11.7 Å². The number of halogens is 1. The molecular formula is C24H18ClN3O4S. The molecular weight excluding hydrogens is 462 g/mol. The first-order valence-corrected chi connectivity index (χ1v) is 10.9. The second-order valence-corrected chi connectivity index (χ2v) is 8.40. The molecule has 3 heterocycles. The van der Waals surface area contributed by atoms with Gasteiger partial charge in [0.15, 0.2) is 16.6 Å². The van der Waals surface area contributed by atoms with Crippen LogP contribution in [0.1, 0.15) is 17.0 Å². The molecule has 166 valence electrons. The van der Waals surface area contributed by atoms with Crippen molar-refractivity contribution >= 4 is 52.5 Å². The third-order valence-electron chi connectivity index (χ3n) is 5.58. The van der Waals surface area contributed by atoms with Crippen LogP contribution >= 0.6 is 23.8 Å². The summed E-state index contributed by atoms with van der Waals surface area (Å²) in [5.41, 5.74) is 3.78. The Morgan fingerprint density at radius 3 is 2.61 bits per heavy atom. The van der Waals surface area contributed by atoms with Gasteiger partial charge in [-0.3, -0.25) is 19.8 Å². The summed E-state index contributed by atoms with van der Waals surface area (Å²) in [6, 6.07) is 14.4. The highest BCUT2D eigenvalue weighted by atomic mass is 35.5. The Morgan fingerprint density at radius 1 is 1.06 bits per heavy atom. The topological polar surface area (TPSA) is 72.8 Å². The number of fused-ring (bicyclic) bond motifs is 1. The number of hydrogen-bond acceptors (Lipinski definition) is 5. The number of aromatic nitrogens is 1. The number of carbonyl (C=O) groups excluding carboxylic acids is 2. The van der Waals surface area contributed by atoms with Crippen molar-refractivity contribution in [3.63, 3.8) is 0 Å². The van der Waals surface area contributed by atoms with E-state index < -0.39 is 11.8 Å². The van der Waals surface area contributed by atoms with Gasteiger partial charge in [-0.1, -0.05) is 23.7 Å². The first-order valence-electron chi connectivity index (χ1n) is 10.1. The highest BCUT2D eigenvalue weighted by molar-refractivity contribution is 7.80. The third-order valence-corrected chi connectivity index (χ3v) is 6.18. The summed E-state index contributed by atoms with van der Waals surface area (Å²) in [6.45, 7) is 4.07. The number of ether oxygens (including phenoxy) is 2. The number of benzene rings is 2. The van der Waals surface area contributed by atoms with Gasteiger partial charge in [0.1, 0.15) is 5.57 Å². The van der Waals surface area contributed by atoms with Gasteiger partial charge in [-0.25, -0.2) is 0 Å². The van der Waals surface area contributed by atoms with E-state index in [4.69, 9.17) is 33.3 Å². The molecule has 0 radical (unpaired) electrons. The molecule has 0 spiro atoms. The molecule has 2 aliphatic rings. The maximum atomic E-state index is 13.3. The van der Waals surface area contributed by atoms with Crippen LogP contribution in [0.2, 0.25) is 5.02 Å². The molecule has 0 aliphatic carbocycles. The van der Waals surface area contributed by atoms with Crippen LogP contribution in [0.15, 0.2) is 54.1 Å². The van der Waals surface area contributed by atoms with E-state index in [0.29, 0.717) is 22.2 Å². The standard InChI is InChI=1S/C24H18ClN3O4S/c1-13-9-15(14(2)27(13)16-7-8-20-21(11-16)32-12-31-20)10-17-22(29)26-24(33)28(23(17)30)19-6-4-3-5-18(19)25/h3-11H,12H2,1-2H3,(H,26,29,33)/b17-10+. The molecule has 0 atom stereocenters. The summed E-state index contributed by atoms with van der Waals surface area (Å²) in [4.78, 5) is 27.3. The van der Waals surface area contributed by atoms with E-state index in [0.717, 1.165) is 22.6 Å². The van der Waals surface area contributed by atoms with Gasteiger partial charge in [0.2, 0.25) is 6.79 Å². The van der Waals surface area contributed by atoms with Crippen LogP contribution in [0.4, 0.5) is 5.69 Å². The minimum absolute atomic E-state index is 0.0129. The highest BCUT2D eigenvalue weighted by Gasteiger charge is 2.35. The molecule has 2 aliphatic heterocycles. The number of nitrogens with zero attached hydrogens (tertiary/aromatic N) is 2. The maximum absolute atomic E-state index is 13.3. The van der Waals surface area contributed by atoms with E-state index in [1.165, 1.54) is 4.90 Å². The molecule has 2 amide bonds. The molecule has 5 rings (SSSR count). The van der Waals surface area contributed by atoms with Gasteiger partial charge in [-0.05, 0) is 68.0 Å². The number of hydrogen-bond donors (Lipinski definition) is 1. The van der Waals surface area contributed by atoms with Gasteiger partial charge in [-0.15, -0.1) is 0 Å². The van der Waals surface area contributed by atoms with Crippen molar-refractivity contribution < 1.29 is 19.1 Å². The Hall–Kier alpha value is -3.62. The Morgan fingerprint density at radius 2 is 1.82 bits per heavy atom. The Kier molecular flexibility index (Phi) is 5.19. The molecule has 1 saturated heterocycles. The van der Waals surface area contributed by atoms with Crippen LogP contribution < -0.4 is 19.7 Å². The summed E-state index contributed by atoms with van der Waals surface area (Å²) in [5, 5.41) is 2.93. The van der Waals surface area contributed by atoms with Crippen LogP contribution in [-0.4, -0.2) is 28.3 Å². The molecule has 0 saturated carbocycles. The van der Waals surface area contributed by atoms with Crippen molar-refractivity contribution in [2.24, 2.45) is 0 Å². The monoisotopic (exact) mass is 479 g/mol. The van der Waals surface area contributed by atoms with Gasteiger partial charge in [0.05, 0.1) is 10.7 Å². The second-order valence-electron chi connectivity index (χ2n) is 7.61. The van der Waals surface area contributed by atoms with Gasteiger partial charge >= 0.3 is 0 Å². The van der Waals surface area contributed by atoms with Crippen molar-refractivity contribution in [1.82, 2.24) is 9.88 Å². The fourth-order valence-corrected chi connectivity index (χ4v) is 4.51. The van der Waals surface area contributed by atoms with Gasteiger partial charge in [0.25, 0.3) is 11.8 Å². The second kappa shape index (κ2) is 8.06. The van der Waals surface area contributed by atoms with E-state index in [9.17, 15) is 9.59 Å². The van der Waals surface area contributed by atoms with Crippen LogP contribution in [-0.2, 0) is 9.59 Å². The molecule has 2 aromatic carbocycles. The van der Waals surface area contributed by atoms with Gasteiger partial charge in [-0.2, -0.15) is 0 Å². The first kappa shape index (κ1) is 21.2. The van der Waals surface area contributed by atoms with Crippen molar-refractivity contribution in [3.8, 4) is 17.2 Å². The summed E-state index contributed by atoms with van der Waals surface area (Å²) in [5.74, 6) is 0.278. The number of thiocarbonyl (C=S) groups is 1. The molecule has 0 bridgehead atoms. The van der Waals surface area contributed by atoms with E-state index in [1.54, 1.807) is 30.3 Å². The molecule has 9 heteroatoms. The lowest BCUT2D eigenvalue weighted by Crippen LogP contribution is -2.54. The normalized spacial score (nSPS) is 16.5. The number of amides is 2. The molecule has 1 fully saturated rings. The highest BCUT2D eigenvalue weighted by Crippen LogP contribution is 2.35. The minimum Gasteiger partial charge on any atom is -0.454 e. The van der Waals surface area contributed by atoms with E-state index in [-0.39, 0.29) is 17.5 Å². The van der Waals surface area contributed by atoms with E-state index in [1.807, 2.05) is 42.7 Å². The summed E-state index contributed by atoms with van der Waals surface area (Å²) >= 11 is 11.5. The predicted octanol–water partition coefficient (Wildman–Crippen LogP) is 4.31. The molecule has 7 nitrogen and oxygen atoms in total. The maximum Gasteiger partial charge on any atom is 0.270 e. The Labute approximate surface area is 200 Å². The van der Waals surface area contributed by atoms with E-state index in [2.05, 4.69) is 5.32 Å². The summed E-state index contributed by atoms with van der Waals surface area (Å²) in [6.07, 6.45) is 1.58. The first-order chi connectivity index (χ1) is 15.8. The van der Waals surface area contributed by atoms with Crippen LogP contribution in [0.25, 0.3) is 11.8 Å². The number of anilines is 1. The van der Waals surface area contributed by atoms with Gasteiger partial charge in [0, 0.05) is 23.1 Å². The zero-order chi connectivity index (χ0) is 23.3. The zero-order valence-corrected chi connectivity index (χ0v) is 19.3. The number of carbonyl (C=O) groups is 2. The lowest BCUT2D eigenvalue weighted by atomic mass is 10.1. The SMILES string of the molecule is Cc1cc(/C=C2\C(=O)NC(=S)N(c3ccccc3Cl)C2=O)c(C)n1-c1ccc2c(c1)OCO2. The molecule has 3 aromatic rings. The number of rotatable bonds is 3. The lowest BCUT2D eigenvalue weighted by molar-refractivity contribution is -0.122. The Bertz CT molecular complexity index is 1380. The van der Waals surface area contributed by atoms with E-state index >= 15 is 0 Å². The molecule has 33 heavy (non-hydrogen) atoms. The third kappa shape index (κ3) is 3.57. The predicted molar refractivity (Wildman–Crippen MR) is 129 cm³/mol.